The molecule has 2 aromatic rings. The fraction of sp³-hybridized carbons (Fsp3) is 0.400. The van der Waals surface area contributed by atoms with Crippen LogP contribution >= 0.6 is 0 Å². The van der Waals surface area contributed by atoms with Crippen molar-refractivity contribution in [1.82, 2.24) is 4.98 Å². The maximum absolute atomic E-state index is 5.65. The average molecular weight is 243 g/mol. The number of pyridine rings is 1. The number of nitrogens with zero attached hydrogens (tertiary/aromatic N) is 1. The van der Waals surface area contributed by atoms with Crippen LogP contribution in [0.1, 0.15) is 37.6 Å². The fourth-order valence-corrected chi connectivity index (χ4v) is 2.18. The topological polar surface area (TPSA) is 50.9 Å². The van der Waals surface area contributed by atoms with E-state index in [1.807, 2.05) is 6.07 Å². The number of benzene rings is 1. The van der Waals surface area contributed by atoms with Gasteiger partial charge >= 0.3 is 0 Å². The quantitative estimate of drug-likeness (QED) is 0.596. The van der Waals surface area contributed by atoms with E-state index in [4.69, 9.17) is 10.8 Å². The van der Waals surface area contributed by atoms with Gasteiger partial charge < -0.3 is 5.43 Å². The lowest BCUT2D eigenvalue weighted by atomic mass is 9.90. The SMILES string of the molecule is Cc1cc(C)c2nc(C(C)(C)C)cc(NN)c2c1. The van der Waals surface area contributed by atoms with Crippen LogP contribution in [0.4, 0.5) is 5.69 Å². The third kappa shape index (κ3) is 2.18. The van der Waals surface area contributed by atoms with Gasteiger partial charge in [-0.3, -0.25) is 10.8 Å². The van der Waals surface area contributed by atoms with Crippen molar-refractivity contribution in [3.8, 4) is 0 Å². The van der Waals surface area contributed by atoms with Crippen molar-refractivity contribution in [2.75, 3.05) is 5.43 Å². The van der Waals surface area contributed by atoms with Crippen molar-refractivity contribution in [3.05, 3.63) is 35.0 Å². The van der Waals surface area contributed by atoms with Crippen LogP contribution in [0.25, 0.3) is 10.9 Å². The van der Waals surface area contributed by atoms with Crippen LogP contribution in [0.5, 0.6) is 0 Å². The number of nitrogen functional groups attached to an aromatic ring is 1. The summed E-state index contributed by atoms with van der Waals surface area (Å²) >= 11 is 0. The van der Waals surface area contributed by atoms with Gasteiger partial charge in [0, 0.05) is 16.5 Å². The average Bonchev–Trinajstić information content (AvgIpc) is 2.26. The number of nitrogens with one attached hydrogen (secondary N) is 1. The first-order valence-corrected chi connectivity index (χ1v) is 6.22. The van der Waals surface area contributed by atoms with Crippen LogP contribution in [0.2, 0.25) is 0 Å². The van der Waals surface area contributed by atoms with E-state index in [0.717, 1.165) is 22.3 Å². The summed E-state index contributed by atoms with van der Waals surface area (Å²) in [5, 5.41) is 1.09. The third-order valence-corrected chi connectivity index (χ3v) is 3.17. The number of hydrogen-bond acceptors (Lipinski definition) is 3. The molecule has 0 aliphatic rings. The molecule has 1 heterocycles. The third-order valence-electron chi connectivity index (χ3n) is 3.17. The van der Waals surface area contributed by atoms with Crippen molar-refractivity contribution < 1.29 is 0 Å². The van der Waals surface area contributed by atoms with Gasteiger partial charge in [0.25, 0.3) is 0 Å². The van der Waals surface area contributed by atoms with Gasteiger partial charge in [-0.25, -0.2) is 0 Å². The van der Waals surface area contributed by atoms with Crippen LogP contribution in [0.3, 0.4) is 0 Å². The maximum atomic E-state index is 5.65. The molecule has 96 valence electrons. The minimum absolute atomic E-state index is 0.0110. The molecule has 2 rings (SSSR count). The summed E-state index contributed by atoms with van der Waals surface area (Å²) in [7, 11) is 0. The normalized spacial score (nSPS) is 11.9. The lowest BCUT2D eigenvalue weighted by Gasteiger charge is -2.20. The second-order valence-corrected chi connectivity index (χ2v) is 5.93. The predicted octanol–water partition coefficient (Wildman–Crippen LogP) is 3.43. The van der Waals surface area contributed by atoms with E-state index in [2.05, 4.69) is 52.2 Å². The Hall–Kier alpha value is -1.61. The standard InChI is InChI=1S/C15H21N3/c1-9-6-10(2)14-11(7-9)12(18-16)8-13(17-14)15(3,4)5/h6-8H,16H2,1-5H3,(H,17,18). The Labute approximate surface area is 108 Å². The van der Waals surface area contributed by atoms with E-state index in [1.165, 1.54) is 11.1 Å². The maximum Gasteiger partial charge on any atom is 0.0756 e. The molecule has 0 aliphatic carbocycles. The van der Waals surface area contributed by atoms with Gasteiger partial charge in [0.2, 0.25) is 0 Å². The van der Waals surface area contributed by atoms with E-state index in [-0.39, 0.29) is 5.41 Å². The Kier molecular flexibility index (Phi) is 3.03. The van der Waals surface area contributed by atoms with Crippen LogP contribution < -0.4 is 11.3 Å². The van der Waals surface area contributed by atoms with Gasteiger partial charge in [-0.05, 0) is 31.5 Å². The number of hydrogen-bond donors (Lipinski definition) is 2. The first-order chi connectivity index (χ1) is 8.32. The lowest BCUT2D eigenvalue weighted by Crippen LogP contribution is -2.16. The smallest absolute Gasteiger partial charge is 0.0756 e. The highest BCUT2D eigenvalue weighted by Gasteiger charge is 2.18. The Morgan fingerprint density at radius 3 is 2.33 bits per heavy atom. The van der Waals surface area contributed by atoms with E-state index >= 15 is 0 Å². The highest BCUT2D eigenvalue weighted by atomic mass is 15.2. The Morgan fingerprint density at radius 1 is 1.11 bits per heavy atom. The molecular weight excluding hydrogens is 222 g/mol. The molecule has 18 heavy (non-hydrogen) atoms. The predicted molar refractivity (Wildman–Crippen MR) is 77.7 cm³/mol. The fourth-order valence-electron chi connectivity index (χ4n) is 2.18. The molecule has 3 heteroatoms. The molecule has 0 spiro atoms. The zero-order chi connectivity index (χ0) is 13.5. The zero-order valence-electron chi connectivity index (χ0n) is 11.8. The minimum atomic E-state index is 0.0110. The molecule has 0 unspecified atom stereocenters. The number of fused-ring (bicyclic) bond motifs is 1. The highest BCUT2D eigenvalue weighted by molar-refractivity contribution is 5.93. The van der Waals surface area contributed by atoms with Crippen molar-refractivity contribution in [2.24, 2.45) is 5.84 Å². The summed E-state index contributed by atoms with van der Waals surface area (Å²) in [5.74, 6) is 5.65. The Morgan fingerprint density at radius 2 is 1.78 bits per heavy atom. The molecule has 3 nitrogen and oxygen atoms in total. The molecule has 1 aromatic carbocycles. The van der Waals surface area contributed by atoms with Gasteiger partial charge in [-0.15, -0.1) is 0 Å². The number of aryl methyl sites for hydroxylation is 2. The summed E-state index contributed by atoms with van der Waals surface area (Å²) < 4.78 is 0. The molecule has 0 aliphatic heterocycles. The highest BCUT2D eigenvalue weighted by Crippen LogP contribution is 2.30. The number of rotatable bonds is 1. The van der Waals surface area contributed by atoms with Crippen molar-refractivity contribution >= 4 is 16.6 Å². The first kappa shape index (κ1) is 12.8. The summed E-state index contributed by atoms with van der Waals surface area (Å²) in [4.78, 5) is 4.80. The van der Waals surface area contributed by atoms with E-state index in [0.29, 0.717) is 0 Å². The van der Waals surface area contributed by atoms with Crippen molar-refractivity contribution in [2.45, 2.75) is 40.0 Å². The molecule has 0 saturated carbocycles. The van der Waals surface area contributed by atoms with Gasteiger partial charge in [0.15, 0.2) is 0 Å². The van der Waals surface area contributed by atoms with E-state index < -0.39 is 0 Å². The molecule has 0 radical (unpaired) electrons. The largest absolute Gasteiger partial charge is 0.323 e. The van der Waals surface area contributed by atoms with Gasteiger partial charge in [-0.1, -0.05) is 32.4 Å². The second kappa shape index (κ2) is 4.25. The van der Waals surface area contributed by atoms with Crippen LogP contribution in [0, 0.1) is 13.8 Å². The molecule has 1 aromatic heterocycles. The van der Waals surface area contributed by atoms with Crippen molar-refractivity contribution in [1.29, 1.82) is 0 Å². The Bertz CT molecular complexity index is 595. The molecule has 0 saturated heterocycles. The summed E-state index contributed by atoms with van der Waals surface area (Å²) in [6.45, 7) is 10.7. The molecule has 0 atom stereocenters. The molecule has 0 bridgehead atoms. The molecule has 3 N–H and O–H groups in total. The number of hydrazine groups is 1. The van der Waals surface area contributed by atoms with E-state index in [1.54, 1.807) is 0 Å². The molecular formula is C15H21N3. The first-order valence-electron chi connectivity index (χ1n) is 6.22. The number of anilines is 1. The summed E-state index contributed by atoms with van der Waals surface area (Å²) in [6.07, 6.45) is 0. The molecule has 0 fully saturated rings. The lowest BCUT2D eigenvalue weighted by molar-refractivity contribution is 0.571. The van der Waals surface area contributed by atoms with Crippen molar-refractivity contribution in [3.63, 3.8) is 0 Å². The Balaban J connectivity index is 2.84. The molecule has 0 amide bonds. The summed E-state index contributed by atoms with van der Waals surface area (Å²) in [6, 6.07) is 6.32. The van der Waals surface area contributed by atoms with Gasteiger partial charge in [0.05, 0.1) is 11.2 Å². The monoisotopic (exact) mass is 243 g/mol. The van der Waals surface area contributed by atoms with Gasteiger partial charge in [0.1, 0.15) is 0 Å². The second-order valence-electron chi connectivity index (χ2n) is 5.93. The van der Waals surface area contributed by atoms with Crippen LogP contribution in [-0.2, 0) is 5.41 Å². The minimum Gasteiger partial charge on any atom is -0.323 e. The van der Waals surface area contributed by atoms with E-state index in [9.17, 15) is 0 Å². The summed E-state index contributed by atoms with van der Waals surface area (Å²) in [5.41, 5.74) is 8.24. The number of nitrogens with two attached hydrogens (primary N) is 1. The number of aromatic nitrogens is 1. The zero-order valence-corrected chi connectivity index (χ0v) is 11.8. The van der Waals surface area contributed by atoms with Crippen LogP contribution in [0.15, 0.2) is 18.2 Å². The van der Waals surface area contributed by atoms with Gasteiger partial charge in [-0.2, -0.15) is 0 Å². The van der Waals surface area contributed by atoms with Crippen LogP contribution in [-0.4, -0.2) is 4.98 Å².